The molecule has 1 aliphatic rings. The zero-order chi connectivity index (χ0) is 31.9. The number of aliphatic hydroxyl groups is 3. The summed E-state index contributed by atoms with van der Waals surface area (Å²) in [4.78, 5) is 28.2. The van der Waals surface area contributed by atoms with Crippen molar-refractivity contribution in [2.24, 2.45) is 5.92 Å². The Balaban J connectivity index is 2.05. The van der Waals surface area contributed by atoms with Crippen molar-refractivity contribution in [1.82, 2.24) is 10.2 Å². The van der Waals surface area contributed by atoms with Crippen LogP contribution in [-0.4, -0.2) is 77.1 Å². The Kier molecular flexibility index (Phi) is 12.2. The Morgan fingerprint density at radius 3 is 2.40 bits per heavy atom. The summed E-state index contributed by atoms with van der Waals surface area (Å²) in [6.45, 7) is 3.48. The number of rotatable bonds is 12. The van der Waals surface area contributed by atoms with Gasteiger partial charge in [0.15, 0.2) is 11.5 Å². The number of ether oxygens (including phenoxy) is 2. The topological polar surface area (TPSA) is 129 Å². The van der Waals surface area contributed by atoms with Crippen molar-refractivity contribution >= 4 is 34.4 Å². The summed E-state index contributed by atoms with van der Waals surface area (Å²) in [6, 6.07) is 6.11. The number of alkyl halides is 3. The Hall–Kier alpha value is -2.88. The minimum atomic E-state index is -4.57. The summed E-state index contributed by atoms with van der Waals surface area (Å²) in [5.41, 5.74) is -0.134. The highest BCUT2D eigenvalue weighted by atomic mass is 127. The third-order valence-electron chi connectivity index (χ3n) is 7.01. The standard InChI is InChI=1S/C30H36F3IN2O7/c1-17(2)8-10-36(29(41)19-4-6-21(7-5-19)30(31,32)33)23-14-20(28(40)35-9-11-37)15-24(26(23)39)43-27-22(34)12-18(16-38)13-25(27)42-3/h4-7,12-13,15,17,23-24,26,37-39H,8-11,14,16H2,1-3H3,(H,35,40)/t23-,24+,26+/m1/s1. The van der Waals surface area contributed by atoms with Crippen LogP contribution < -0.4 is 14.8 Å². The molecule has 2 aromatic carbocycles. The average Bonchev–Trinajstić information content (AvgIpc) is 2.97. The molecule has 9 nitrogen and oxygen atoms in total. The molecule has 1 aliphatic carbocycles. The van der Waals surface area contributed by atoms with Crippen molar-refractivity contribution in [3.05, 3.63) is 68.3 Å². The molecule has 0 heterocycles. The monoisotopic (exact) mass is 720 g/mol. The predicted molar refractivity (Wildman–Crippen MR) is 161 cm³/mol. The smallest absolute Gasteiger partial charge is 0.416 e. The highest BCUT2D eigenvalue weighted by Gasteiger charge is 2.41. The molecule has 0 spiro atoms. The van der Waals surface area contributed by atoms with E-state index >= 15 is 0 Å². The van der Waals surface area contributed by atoms with Crippen molar-refractivity contribution in [1.29, 1.82) is 0 Å². The fourth-order valence-corrected chi connectivity index (χ4v) is 5.47. The number of hydrogen-bond donors (Lipinski definition) is 4. The van der Waals surface area contributed by atoms with Crippen molar-refractivity contribution in [3.8, 4) is 11.5 Å². The molecule has 3 rings (SSSR count). The van der Waals surface area contributed by atoms with Gasteiger partial charge >= 0.3 is 6.18 Å². The van der Waals surface area contributed by atoms with Gasteiger partial charge in [-0.1, -0.05) is 13.8 Å². The normalized spacial score (nSPS) is 18.7. The molecule has 0 fully saturated rings. The van der Waals surface area contributed by atoms with Gasteiger partial charge in [-0.05, 0) is 83.0 Å². The predicted octanol–water partition coefficient (Wildman–Crippen LogP) is 3.91. The highest BCUT2D eigenvalue weighted by Crippen LogP contribution is 2.37. The minimum Gasteiger partial charge on any atom is -0.493 e. The van der Waals surface area contributed by atoms with Crippen molar-refractivity contribution in [3.63, 3.8) is 0 Å². The first kappa shape index (κ1) is 34.6. The van der Waals surface area contributed by atoms with Gasteiger partial charge in [0.2, 0.25) is 5.91 Å². The molecule has 0 radical (unpaired) electrons. The lowest BCUT2D eigenvalue weighted by atomic mass is 9.87. The molecule has 0 saturated heterocycles. The number of methoxy groups -OCH3 is 1. The molecule has 3 atom stereocenters. The molecule has 4 N–H and O–H groups in total. The number of aliphatic hydroxyl groups excluding tert-OH is 3. The van der Waals surface area contributed by atoms with Crippen molar-refractivity contribution < 1.29 is 47.6 Å². The maximum absolute atomic E-state index is 13.8. The van der Waals surface area contributed by atoms with Crippen LogP contribution in [0.5, 0.6) is 11.5 Å². The number of amides is 2. The summed E-state index contributed by atoms with van der Waals surface area (Å²) in [7, 11) is 1.42. The van der Waals surface area contributed by atoms with E-state index in [9.17, 15) is 38.1 Å². The van der Waals surface area contributed by atoms with Crippen LogP contribution in [0.2, 0.25) is 0 Å². The lowest BCUT2D eigenvalue weighted by Crippen LogP contribution is -2.55. The molecule has 236 valence electrons. The van der Waals surface area contributed by atoms with Gasteiger partial charge in [0.25, 0.3) is 5.91 Å². The molecule has 0 aliphatic heterocycles. The third kappa shape index (κ3) is 8.83. The molecular weight excluding hydrogens is 684 g/mol. The van der Waals surface area contributed by atoms with Crippen LogP contribution >= 0.6 is 22.6 Å². The van der Waals surface area contributed by atoms with Crippen LogP contribution in [0, 0.1) is 9.49 Å². The van der Waals surface area contributed by atoms with Gasteiger partial charge in [-0.3, -0.25) is 9.59 Å². The Morgan fingerprint density at radius 1 is 1.16 bits per heavy atom. The van der Waals surface area contributed by atoms with Gasteiger partial charge in [0, 0.05) is 30.6 Å². The second-order valence-electron chi connectivity index (χ2n) is 10.5. The Morgan fingerprint density at radius 2 is 1.84 bits per heavy atom. The number of nitrogens with one attached hydrogen (secondary N) is 1. The fraction of sp³-hybridized carbons (Fsp3) is 0.467. The van der Waals surface area contributed by atoms with E-state index in [2.05, 4.69) is 5.32 Å². The van der Waals surface area contributed by atoms with Gasteiger partial charge in [-0.15, -0.1) is 0 Å². The highest BCUT2D eigenvalue weighted by molar-refractivity contribution is 14.1. The molecule has 0 unspecified atom stereocenters. The number of carbonyl (C=O) groups is 2. The lowest BCUT2D eigenvalue weighted by molar-refractivity contribution is -0.137. The number of nitrogens with zero attached hydrogens (tertiary/aromatic N) is 1. The largest absolute Gasteiger partial charge is 0.493 e. The maximum Gasteiger partial charge on any atom is 0.416 e. The van der Waals surface area contributed by atoms with Crippen molar-refractivity contribution in [2.75, 3.05) is 26.8 Å². The second kappa shape index (κ2) is 15.2. The first-order valence-corrected chi connectivity index (χ1v) is 14.8. The molecule has 0 bridgehead atoms. The molecule has 2 amide bonds. The van der Waals surface area contributed by atoms with E-state index in [1.165, 1.54) is 18.1 Å². The SMILES string of the molecule is COc1cc(CO)cc(I)c1O[C@H]1C=C(C(=O)NCCO)C[C@@H](N(CCC(C)C)C(=O)c2ccc(C(F)(F)F)cc2)[C@@H]1O. The van der Waals surface area contributed by atoms with E-state index in [1.807, 2.05) is 36.4 Å². The summed E-state index contributed by atoms with van der Waals surface area (Å²) in [6.07, 6.45) is -5.16. The summed E-state index contributed by atoms with van der Waals surface area (Å²) in [5.74, 6) is -0.452. The molecule has 0 saturated carbocycles. The average molecular weight is 721 g/mol. The van der Waals surface area contributed by atoms with Crippen LogP contribution in [0.4, 0.5) is 13.2 Å². The van der Waals surface area contributed by atoms with Crippen LogP contribution in [0.1, 0.15) is 48.2 Å². The summed E-state index contributed by atoms with van der Waals surface area (Å²) in [5, 5.41) is 33.0. The molecule has 2 aromatic rings. The van der Waals surface area contributed by atoms with Gasteiger partial charge in [0.05, 0.1) is 35.5 Å². The van der Waals surface area contributed by atoms with E-state index in [1.54, 1.807) is 12.1 Å². The third-order valence-corrected chi connectivity index (χ3v) is 7.81. The van der Waals surface area contributed by atoms with Crippen LogP contribution in [-0.2, 0) is 17.6 Å². The van der Waals surface area contributed by atoms with E-state index < -0.39 is 41.8 Å². The summed E-state index contributed by atoms with van der Waals surface area (Å²) >= 11 is 1.99. The van der Waals surface area contributed by atoms with Crippen LogP contribution in [0.25, 0.3) is 0 Å². The maximum atomic E-state index is 13.8. The van der Waals surface area contributed by atoms with Crippen molar-refractivity contribution in [2.45, 2.75) is 57.7 Å². The second-order valence-corrected chi connectivity index (χ2v) is 11.7. The fourth-order valence-electron chi connectivity index (χ4n) is 4.68. The van der Waals surface area contributed by atoms with Gasteiger partial charge < -0.3 is 35.0 Å². The molecule has 13 heteroatoms. The Bertz CT molecular complexity index is 1300. The number of hydrogen-bond acceptors (Lipinski definition) is 7. The first-order chi connectivity index (χ1) is 20.3. The number of halogens is 4. The zero-order valence-electron chi connectivity index (χ0n) is 24.0. The van der Waals surface area contributed by atoms with E-state index in [0.717, 1.165) is 24.3 Å². The van der Waals surface area contributed by atoms with E-state index in [-0.39, 0.29) is 61.3 Å². The number of carbonyl (C=O) groups excluding carboxylic acids is 2. The molecule has 0 aromatic heterocycles. The molecule has 43 heavy (non-hydrogen) atoms. The first-order valence-electron chi connectivity index (χ1n) is 13.7. The van der Waals surface area contributed by atoms with E-state index in [0.29, 0.717) is 15.6 Å². The van der Waals surface area contributed by atoms with Crippen LogP contribution in [0.15, 0.2) is 48.0 Å². The van der Waals surface area contributed by atoms with Crippen LogP contribution in [0.3, 0.4) is 0 Å². The quantitative estimate of drug-likeness (QED) is 0.245. The van der Waals surface area contributed by atoms with Gasteiger partial charge in [-0.2, -0.15) is 13.2 Å². The number of benzene rings is 2. The lowest BCUT2D eigenvalue weighted by Gasteiger charge is -2.41. The van der Waals surface area contributed by atoms with Gasteiger partial charge in [-0.25, -0.2) is 0 Å². The van der Waals surface area contributed by atoms with E-state index in [4.69, 9.17) is 9.47 Å². The van der Waals surface area contributed by atoms with Gasteiger partial charge in [0.1, 0.15) is 12.2 Å². The molecular formula is C30H36F3IN2O7. The zero-order valence-corrected chi connectivity index (χ0v) is 26.2. The summed E-state index contributed by atoms with van der Waals surface area (Å²) < 4.78 is 51.7. The Labute approximate surface area is 261 Å². The minimum absolute atomic E-state index is 0.00179.